The van der Waals surface area contributed by atoms with E-state index in [-0.39, 0.29) is 46.9 Å². The van der Waals surface area contributed by atoms with Gasteiger partial charge >= 0.3 is 46.9 Å². The van der Waals surface area contributed by atoms with Gasteiger partial charge in [-0.2, -0.15) is 0 Å². The number of nitrogens with zero attached hydrogens (tertiary/aromatic N) is 2. The average molecular weight is 740 g/mol. The molecule has 43 heavy (non-hydrogen) atoms. The summed E-state index contributed by atoms with van der Waals surface area (Å²) in [6, 6.07) is 33.0. The number of para-hydroxylation sites is 4. The van der Waals surface area contributed by atoms with Crippen LogP contribution in [0.3, 0.4) is 0 Å². The summed E-state index contributed by atoms with van der Waals surface area (Å²) >= 11 is 0. The molecule has 2 fully saturated rings. The normalized spacial score (nSPS) is 13.5. The summed E-state index contributed by atoms with van der Waals surface area (Å²) in [5.41, 5.74) is 4.35. The van der Waals surface area contributed by atoms with Gasteiger partial charge in [-0.3, -0.25) is 0 Å². The van der Waals surface area contributed by atoms with Gasteiger partial charge in [0.2, 0.25) is 0 Å². The van der Waals surface area contributed by atoms with Gasteiger partial charge in [0.05, 0.1) is 13.2 Å². The summed E-state index contributed by atoms with van der Waals surface area (Å²) in [4.78, 5) is 9.03. The van der Waals surface area contributed by atoms with E-state index in [1.165, 1.54) is 47.2 Å². The molecule has 2 aliphatic rings. The Labute approximate surface area is 293 Å². The minimum absolute atomic E-state index is 0. The fourth-order valence-electron chi connectivity index (χ4n) is 4.64. The number of aromatic nitrogens is 2. The van der Waals surface area contributed by atoms with Crippen molar-refractivity contribution in [2.45, 2.75) is 25.7 Å². The first kappa shape index (κ1) is 35.3. The van der Waals surface area contributed by atoms with Crippen molar-refractivity contribution in [2.75, 3.05) is 53.9 Å². The van der Waals surface area contributed by atoms with Crippen LogP contribution in [0.25, 0.3) is 43.6 Å². The van der Waals surface area contributed by atoms with Gasteiger partial charge in [-0.15, -0.1) is 22.1 Å². The van der Waals surface area contributed by atoms with E-state index in [1.54, 1.807) is 14.2 Å². The van der Waals surface area contributed by atoms with Crippen LogP contribution < -0.4 is 9.97 Å². The van der Waals surface area contributed by atoms with Crippen molar-refractivity contribution in [1.29, 1.82) is 0 Å². The Kier molecular flexibility index (Phi) is 17.0. The second kappa shape index (κ2) is 20.7. The van der Waals surface area contributed by atoms with Crippen LogP contribution in [0, 0.1) is 46.9 Å². The molecule has 0 amide bonds. The number of hydrogen-bond acceptors (Lipinski definition) is 4. The number of methoxy groups -OCH3 is 2. The third kappa shape index (κ3) is 11.4. The molecule has 4 heterocycles. The summed E-state index contributed by atoms with van der Waals surface area (Å²) in [7, 11) is 3.30. The van der Waals surface area contributed by atoms with Gasteiger partial charge in [-0.25, -0.2) is 0 Å². The molecule has 0 spiro atoms. The maximum absolute atomic E-state index is 4.94. The average Bonchev–Trinajstić information content (AvgIpc) is 3.88. The Balaban J connectivity index is 0.000000157. The van der Waals surface area contributed by atoms with Crippen molar-refractivity contribution in [3.8, 4) is 0 Å². The molecule has 0 bridgehead atoms. The number of rotatable bonds is 3. The molecule has 0 saturated carbocycles. The Hall–Kier alpha value is -2.16. The zero-order valence-corrected chi connectivity index (χ0v) is 26.8. The predicted molar refractivity (Wildman–Crippen MR) is 173 cm³/mol. The van der Waals surface area contributed by atoms with Gasteiger partial charge in [-0.1, -0.05) is 97.1 Å². The van der Waals surface area contributed by atoms with Crippen molar-refractivity contribution in [1.82, 2.24) is 9.97 Å². The first-order valence-electron chi connectivity index (χ1n) is 14.8. The van der Waals surface area contributed by atoms with Crippen LogP contribution in [0.15, 0.2) is 97.1 Å². The second-order valence-electron chi connectivity index (χ2n) is 9.92. The third-order valence-corrected chi connectivity index (χ3v) is 6.82. The Morgan fingerprint density at radius 1 is 0.465 bits per heavy atom. The van der Waals surface area contributed by atoms with E-state index in [2.05, 4.69) is 92.2 Å². The largest absolute Gasteiger partial charge is 2.00 e. The van der Waals surface area contributed by atoms with Crippen molar-refractivity contribution in [3.05, 3.63) is 97.1 Å². The summed E-state index contributed by atoms with van der Waals surface area (Å²) < 4.78 is 19.2. The van der Waals surface area contributed by atoms with Gasteiger partial charge in [0.25, 0.3) is 0 Å². The van der Waals surface area contributed by atoms with E-state index in [0.29, 0.717) is 13.2 Å². The molecule has 7 heteroatoms. The van der Waals surface area contributed by atoms with Crippen LogP contribution >= 0.6 is 0 Å². The Bertz CT molecular complexity index is 1350. The van der Waals surface area contributed by atoms with Crippen LogP contribution in [0.1, 0.15) is 25.7 Å². The standard InChI is InChI=1S/2C12H8N.C4H10O2.2C4H8O.Yb/c2*1-3-7-11-9(5-1)10-6-2-4-8-12(10)13-11;1-5-3-4-6-2;2*1-2-4-5-3-1;/h2*1-8H;3-4H2,1-2H3;2*1-4H2;/q2*-1;;;;+2. The number of ether oxygens (including phenoxy) is 4. The smallest absolute Gasteiger partial charge is 0.657 e. The quantitative estimate of drug-likeness (QED) is 0.173. The number of benzene rings is 4. The topological polar surface area (TPSA) is 65.1 Å². The van der Waals surface area contributed by atoms with E-state index in [1.807, 2.05) is 24.3 Å². The Morgan fingerprint density at radius 3 is 0.930 bits per heavy atom. The molecule has 0 radical (unpaired) electrons. The van der Waals surface area contributed by atoms with Crippen LogP contribution in [0.5, 0.6) is 0 Å². The van der Waals surface area contributed by atoms with E-state index < -0.39 is 0 Å². The maximum Gasteiger partial charge on any atom is 2.00 e. The molecule has 8 rings (SSSR count). The molecule has 0 N–H and O–H groups in total. The first-order chi connectivity index (χ1) is 20.8. The van der Waals surface area contributed by atoms with Crippen molar-refractivity contribution >= 4 is 43.6 Å². The van der Waals surface area contributed by atoms with Gasteiger partial charge in [0.1, 0.15) is 0 Å². The van der Waals surface area contributed by atoms with E-state index in [9.17, 15) is 0 Å². The molecular formula is C36H42N2O4Yb. The number of fused-ring (bicyclic) bond motifs is 6. The molecular weight excluding hydrogens is 697 g/mol. The molecule has 234 valence electrons. The number of hydrogen-bond donors (Lipinski definition) is 0. The van der Waals surface area contributed by atoms with Crippen molar-refractivity contribution < 1.29 is 65.9 Å². The molecule has 0 aliphatic carbocycles. The van der Waals surface area contributed by atoms with Gasteiger partial charge in [0, 0.05) is 40.6 Å². The van der Waals surface area contributed by atoms with Gasteiger partial charge < -0.3 is 28.9 Å². The molecule has 0 unspecified atom stereocenters. The molecule has 2 saturated heterocycles. The van der Waals surface area contributed by atoms with Crippen LogP contribution in [-0.4, -0.2) is 53.9 Å². The van der Waals surface area contributed by atoms with E-state index in [4.69, 9.17) is 9.47 Å². The molecule has 2 aromatic heterocycles. The summed E-state index contributed by atoms with van der Waals surface area (Å²) in [5, 5.41) is 4.99. The molecule has 4 aromatic carbocycles. The summed E-state index contributed by atoms with van der Waals surface area (Å²) in [5.74, 6) is 0. The predicted octanol–water partition coefficient (Wildman–Crippen LogP) is 7.77. The van der Waals surface area contributed by atoms with Crippen molar-refractivity contribution in [3.63, 3.8) is 0 Å². The maximum atomic E-state index is 4.94. The Morgan fingerprint density at radius 2 is 0.721 bits per heavy atom. The molecule has 6 aromatic rings. The summed E-state index contributed by atoms with van der Waals surface area (Å²) in [6.45, 7) is 5.38. The fraction of sp³-hybridized carbons (Fsp3) is 0.333. The monoisotopic (exact) mass is 740 g/mol. The molecule has 2 aliphatic heterocycles. The zero-order chi connectivity index (χ0) is 29.2. The van der Waals surface area contributed by atoms with Crippen LogP contribution in [0.2, 0.25) is 0 Å². The van der Waals surface area contributed by atoms with E-state index in [0.717, 1.165) is 48.5 Å². The van der Waals surface area contributed by atoms with Gasteiger partial charge in [0.15, 0.2) is 0 Å². The second-order valence-corrected chi connectivity index (χ2v) is 9.92. The minimum atomic E-state index is 0. The van der Waals surface area contributed by atoms with Gasteiger partial charge in [-0.05, 0) is 47.2 Å². The third-order valence-electron chi connectivity index (χ3n) is 6.82. The zero-order valence-electron chi connectivity index (χ0n) is 25.1. The fourth-order valence-corrected chi connectivity index (χ4v) is 4.64. The molecule has 6 nitrogen and oxygen atoms in total. The minimum Gasteiger partial charge on any atom is -0.657 e. The van der Waals surface area contributed by atoms with E-state index >= 15 is 0 Å². The van der Waals surface area contributed by atoms with Crippen LogP contribution in [0.4, 0.5) is 0 Å². The SMILES string of the molecule is C1CCOC1.C1CCOC1.COCCOC.[Yb+2].c1ccc2c(c1)[n-]c1ccccc12.c1ccc2c(c1)[n-]c1ccccc12. The molecule has 0 atom stereocenters. The van der Waals surface area contributed by atoms with Crippen LogP contribution in [-0.2, 0) is 18.9 Å². The van der Waals surface area contributed by atoms with Crippen molar-refractivity contribution in [2.24, 2.45) is 0 Å². The first-order valence-corrected chi connectivity index (χ1v) is 14.8. The summed E-state index contributed by atoms with van der Waals surface area (Å²) in [6.07, 6.45) is 5.11.